The topological polar surface area (TPSA) is 37.4 Å². The van der Waals surface area contributed by atoms with Crippen molar-refractivity contribution in [3.63, 3.8) is 0 Å². The molecule has 0 spiro atoms. The summed E-state index contributed by atoms with van der Waals surface area (Å²) in [6.45, 7) is 1.89. The molecule has 0 aromatic heterocycles. The number of sulfonamides is 1. The maximum Gasteiger partial charge on any atom is 0.243 e. The van der Waals surface area contributed by atoms with Gasteiger partial charge in [-0.05, 0) is 18.6 Å². The summed E-state index contributed by atoms with van der Waals surface area (Å²) in [5, 5.41) is 0. The molecule has 1 aliphatic heterocycles. The van der Waals surface area contributed by atoms with E-state index in [-0.39, 0.29) is 6.04 Å². The highest BCUT2D eigenvalue weighted by Gasteiger charge is 2.36. The number of benzene rings is 1. The molecule has 2 rings (SSSR count). The lowest BCUT2D eigenvalue weighted by atomic mass is 10.1. The summed E-state index contributed by atoms with van der Waals surface area (Å²) in [5.74, 6) is 0. The molecule has 0 N–H and O–H groups in total. The van der Waals surface area contributed by atoms with Gasteiger partial charge in [-0.15, -0.1) is 0 Å². The van der Waals surface area contributed by atoms with Crippen LogP contribution in [0.15, 0.2) is 29.2 Å². The first-order valence-corrected chi connectivity index (χ1v) is 5.56. The SMILES string of the molecule is C[C@H]1c2ccccc2S(=O)(=O)N1C. The Morgan fingerprint density at radius 1 is 1.31 bits per heavy atom. The smallest absolute Gasteiger partial charge is 0.207 e. The van der Waals surface area contributed by atoms with Crippen molar-refractivity contribution in [2.45, 2.75) is 17.9 Å². The fourth-order valence-electron chi connectivity index (χ4n) is 1.62. The molecular formula is C9H11NO2S. The minimum atomic E-state index is -3.20. The Bertz CT molecular complexity index is 439. The molecule has 0 amide bonds. The van der Waals surface area contributed by atoms with Gasteiger partial charge in [-0.2, -0.15) is 4.31 Å². The summed E-state index contributed by atoms with van der Waals surface area (Å²) in [7, 11) is -1.59. The van der Waals surface area contributed by atoms with Gasteiger partial charge >= 0.3 is 0 Å². The number of hydrogen-bond donors (Lipinski definition) is 0. The van der Waals surface area contributed by atoms with E-state index in [9.17, 15) is 8.42 Å². The Balaban J connectivity index is 2.76. The van der Waals surface area contributed by atoms with Gasteiger partial charge in [-0.3, -0.25) is 0 Å². The molecule has 0 saturated heterocycles. The third-order valence-corrected chi connectivity index (χ3v) is 4.57. The molecule has 0 radical (unpaired) electrons. The molecule has 1 aromatic carbocycles. The van der Waals surface area contributed by atoms with E-state index in [1.54, 1.807) is 19.2 Å². The zero-order chi connectivity index (χ0) is 9.64. The molecule has 1 aromatic rings. The molecule has 1 aliphatic rings. The zero-order valence-corrected chi connectivity index (χ0v) is 8.38. The van der Waals surface area contributed by atoms with Gasteiger partial charge in [0.05, 0.1) is 4.90 Å². The van der Waals surface area contributed by atoms with Crippen molar-refractivity contribution in [3.8, 4) is 0 Å². The van der Waals surface area contributed by atoms with Crippen molar-refractivity contribution in [1.82, 2.24) is 4.31 Å². The van der Waals surface area contributed by atoms with Crippen LogP contribution >= 0.6 is 0 Å². The average molecular weight is 197 g/mol. The largest absolute Gasteiger partial charge is 0.243 e. The molecule has 70 valence electrons. The van der Waals surface area contributed by atoms with Gasteiger partial charge in [-0.1, -0.05) is 18.2 Å². The summed E-state index contributed by atoms with van der Waals surface area (Å²) < 4.78 is 24.8. The maximum absolute atomic E-state index is 11.7. The van der Waals surface area contributed by atoms with Crippen LogP contribution in [0.2, 0.25) is 0 Å². The van der Waals surface area contributed by atoms with Gasteiger partial charge in [0.1, 0.15) is 0 Å². The molecule has 1 heterocycles. The van der Waals surface area contributed by atoms with E-state index in [2.05, 4.69) is 0 Å². The maximum atomic E-state index is 11.7. The second-order valence-corrected chi connectivity index (χ2v) is 5.20. The van der Waals surface area contributed by atoms with E-state index in [0.717, 1.165) is 5.56 Å². The van der Waals surface area contributed by atoms with Crippen LogP contribution in [-0.4, -0.2) is 19.8 Å². The Labute approximate surface area is 78.0 Å². The summed E-state index contributed by atoms with van der Waals surface area (Å²) in [5.41, 5.74) is 0.894. The molecule has 13 heavy (non-hydrogen) atoms. The lowest BCUT2D eigenvalue weighted by Gasteiger charge is -2.12. The fourth-order valence-corrected chi connectivity index (χ4v) is 3.25. The predicted octanol–water partition coefficient (Wildman–Crippen LogP) is 1.38. The summed E-state index contributed by atoms with van der Waals surface area (Å²) in [4.78, 5) is 0.449. The lowest BCUT2D eigenvalue weighted by Crippen LogP contribution is -2.21. The van der Waals surface area contributed by atoms with Crippen LogP contribution in [0.1, 0.15) is 18.5 Å². The zero-order valence-electron chi connectivity index (χ0n) is 7.56. The standard InChI is InChI=1S/C9H11NO2S/c1-7-8-5-3-4-6-9(8)13(11,12)10(7)2/h3-7H,1-2H3/t7-/m0/s1. The first kappa shape index (κ1) is 8.72. The van der Waals surface area contributed by atoms with E-state index >= 15 is 0 Å². The number of nitrogens with zero attached hydrogens (tertiary/aromatic N) is 1. The van der Waals surface area contributed by atoms with Crippen LogP contribution in [-0.2, 0) is 10.0 Å². The van der Waals surface area contributed by atoms with Crippen LogP contribution < -0.4 is 0 Å². The molecule has 0 aliphatic carbocycles. The Hall–Kier alpha value is -0.870. The van der Waals surface area contributed by atoms with Crippen LogP contribution in [0.4, 0.5) is 0 Å². The van der Waals surface area contributed by atoms with E-state index in [1.165, 1.54) is 4.31 Å². The molecule has 0 saturated carbocycles. The molecule has 0 unspecified atom stereocenters. The van der Waals surface area contributed by atoms with Crippen molar-refractivity contribution in [1.29, 1.82) is 0 Å². The first-order valence-electron chi connectivity index (χ1n) is 4.12. The quantitative estimate of drug-likeness (QED) is 0.630. The Kier molecular flexibility index (Phi) is 1.72. The van der Waals surface area contributed by atoms with Gasteiger partial charge in [0.15, 0.2) is 0 Å². The second kappa shape index (κ2) is 2.56. The van der Waals surface area contributed by atoms with Gasteiger partial charge in [-0.25, -0.2) is 8.42 Å². The lowest BCUT2D eigenvalue weighted by molar-refractivity contribution is 0.420. The first-order chi connectivity index (χ1) is 6.05. The van der Waals surface area contributed by atoms with Gasteiger partial charge in [0, 0.05) is 13.1 Å². The number of rotatable bonds is 0. The monoisotopic (exact) mass is 197 g/mol. The normalized spacial score (nSPS) is 25.8. The van der Waals surface area contributed by atoms with Gasteiger partial charge in [0.25, 0.3) is 0 Å². The molecule has 0 fully saturated rings. The van der Waals surface area contributed by atoms with Crippen LogP contribution in [0.5, 0.6) is 0 Å². The molecule has 0 bridgehead atoms. The Morgan fingerprint density at radius 2 is 1.92 bits per heavy atom. The Morgan fingerprint density at radius 3 is 2.54 bits per heavy atom. The van der Waals surface area contributed by atoms with Crippen LogP contribution in [0.25, 0.3) is 0 Å². The molecule has 4 heteroatoms. The van der Waals surface area contributed by atoms with Crippen molar-refractivity contribution in [2.75, 3.05) is 7.05 Å². The fraction of sp³-hybridized carbons (Fsp3) is 0.333. The highest BCUT2D eigenvalue weighted by atomic mass is 32.2. The van der Waals surface area contributed by atoms with Crippen molar-refractivity contribution >= 4 is 10.0 Å². The predicted molar refractivity (Wildman–Crippen MR) is 49.8 cm³/mol. The van der Waals surface area contributed by atoms with E-state index in [1.807, 2.05) is 19.1 Å². The van der Waals surface area contributed by atoms with Gasteiger partial charge in [0.2, 0.25) is 10.0 Å². The van der Waals surface area contributed by atoms with E-state index in [0.29, 0.717) is 4.90 Å². The highest BCUT2D eigenvalue weighted by molar-refractivity contribution is 7.89. The molecule has 1 atom stereocenters. The van der Waals surface area contributed by atoms with E-state index < -0.39 is 10.0 Å². The summed E-state index contributed by atoms with van der Waals surface area (Å²) >= 11 is 0. The number of hydrogen-bond acceptors (Lipinski definition) is 2. The van der Waals surface area contributed by atoms with E-state index in [4.69, 9.17) is 0 Å². The van der Waals surface area contributed by atoms with Crippen molar-refractivity contribution in [2.24, 2.45) is 0 Å². The second-order valence-electron chi connectivity index (χ2n) is 3.24. The third kappa shape index (κ3) is 1.02. The van der Waals surface area contributed by atoms with Gasteiger partial charge < -0.3 is 0 Å². The minimum absolute atomic E-state index is 0.0406. The van der Waals surface area contributed by atoms with Crippen LogP contribution in [0.3, 0.4) is 0 Å². The summed E-state index contributed by atoms with van der Waals surface area (Å²) in [6.07, 6.45) is 0. The van der Waals surface area contributed by atoms with Crippen molar-refractivity contribution in [3.05, 3.63) is 29.8 Å². The molecular weight excluding hydrogens is 186 g/mol. The third-order valence-electron chi connectivity index (χ3n) is 2.57. The van der Waals surface area contributed by atoms with Crippen molar-refractivity contribution < 1.29 is 8.42 Å². The van der Waals surface area contributed by atoms with Crippen LogP contribution in [0, 0.1) is 0 Å². The summed E-state index contributed by atoms with van der Waals surface area (Å²) in [6, 6.07) is 7.10. The number of fused-ring (bicyclic) bond motifs is 1. The highest BCUT2D eigenvalue weighted by Crippen LogP contribution is 2.37. The minimum Gasteiger partial charge on any atom is -0.207 e. The molecule has 3 nitrogen and oxygen atoms in total. The average Bonchev–Trinajstić information content (AvgIpc) is 2.30.